The summed E-state index contributed by atoms with van der Waals surface area (Å²) in [6.45, 7) is -2.83. The van der Waals surface area contributed by atoms with Crippen molar-refractivity contribution in [3.05, 3.63) is 23.9 Å². The molecule has 1 aromatic heterocycles. The van der Waals surface area contributed by atoms with Crippen LogP contribution in [-0.2, 0) is 5.88 Å². The average molecular weight is 194 g/mol. The van der Waals surface area contributed by atoms with Crippen molar-refractivity contribution in [2.24, 2.45) is 0 Å². The lowest BCUT2D eigenvalue weighted by Crippen LogP contribution is -2.03. The first-order valence-electron chi connectivity index (χ1n) is 3.18. The van der Waals surface area contributed by atoms with Crippen molar-refractivity contribution < 1.29 is 13.5 Å². The van der Waals surface area contributed by atoms with Crippen molar-refractivity contribution in [1.29, 1.82) is 0 Å². The van der Waals surface area contributed by atoms with Gasteiger partial charge in [-0.15, -0.1) is 11.6 Å². The number of aromatic nitrogens is 1. The fourth-order valence-corrected chi connectivity index (χ4v) is 0.809. The minimum atomic E-state index is -2.83. The number of ether oxygens (including phenoxy) is 1. The van der Waals surface area contributed by atoms with Gasteiger partial charge < -0.3 is 4.74 Å². The molecule has 0 radical (unpaired) electrons. The Morgan fingerprint density at radius 1 is 1.50 bits per heavy atom. The molecule has 1 aromatic rings. The lowest BCUT2D eigenvalue weighted by Gasteiger charge is -2.02. The van der Waals surface area contributed by atoms with Gasteiger partial charge in [-0.1, -0.05) is 6.07 Å². The van der Waals surface area contributed by atoms with Crippen LogP contribution in [0.2, 0.25) is 0 Å². The molecule has 0 saturated carbocycles. The zero-order valence-corrected chi connectivity index (χ0v) is 6.76. The van der Waals surface area contributed by atoms with E-state index in [2.05, 4.69) is 9.72 Å². The van der Waals surface area contributed by atoms with Gasteiger partial charge in [0.15, 0.2) is 0 Å². The summed E-state index contributed by atoms with van der Waals surface area (Å²) in [4.78, 5) is 3.60. The van der Waals surface area contributed by atoms with Gasteiger partial charge in [-0.2, -0.15) is 8.78 Å². The third-order valence-corrected chi connectivity index (χ3v) is 1.47. The van der Waals surface area contributed by atoms with Gasteiger partial charge in [0, 0.05) is 18.1 Å². The van der Waals surface area contributed by atoms with Gasteiger partial charge in [-0.05, 0) is 5.56 Å². The number of halogens is 3. The van der Waals surface area contributed by atoms with E-state index in [4.69, 9.17) is 11.6 Å². The fraction of sp³-hybridized carbons (Fsp3) is 0.286. The smallest absolute Gasteiger partial charge is 0.388 e. The molecule has 1 rings (SSSR count). The molecule has 0 atom stereocenters. The first kappa shape index (κ1) is 9.19. The first-order valence-corrected chi connectivity index (χ1v) is 3.71. The molecule has 0 fully saturated rings. The van der Waals surface area contributed by atoms with Crippen molar-refractivity contribution in [3.8, 4) is 5.88 Å². The molecule has 12 heavy (non-hydrogen) atoms. The van der Waals surface area contributed by atoms with Crippen LogP contribution in [0, 0.1) is 0 Å². The van der Waals surface area contributed by atoms with Crippen LogP contribution in [0.3, 0.4) is 0 Å². The van der Waals surface area contributed by atoms with Gasteiger partial charge in [-0.3, -0.25) is 0 Å². The zero-order valence-electron chi connectivity index (χ0n) is 6.01. The zero-order chi connectivity index (χ0) is 8.97. The number of alkyl halides is 3. The molecule has 0 aliphatic heterocycles. The predicted molar refractivity (Wildman–Crippen MR) is 40.4 cm³/mol. The Hall–Kier alpha value is -0.900. The van der Waals surface area contributed by atoms with E-state index >= 15 is 0 Å². The normalized spacial score (nSPS) is 10.3. The summed E-state index contributed by atoms with van der Waals surface area (Å²) in [6, 6.07) is 2.93. The van der Waals surface area contributed by atoms with Gasteiger partial charge >= 0.3 is 6.61 Å². The number of pyridine rings is 1. The van der Waals surface area contributed by atoms with Crippen molar-refractivity contribution in [2.45, 2.75) is 12.5 Å². The summed E-state index contributed by atoms with van der Waals surface area (Å²) in [6.07, 6.45) is 1.39. The fourth-order valence-electron chi connectivity index (χ4n) is 0.651. The molecule has 0 bridgehead atoms. The molecule has 0 saturated heterocycles. The Labute approximate surface area is 73.1 Å². The maximum Gasteiger partial charge on any atom is 0.388 e. The third kappa shape index (κ3) is 2.62. The second kappa shape index (κ2) is 4.21. The van der Waals surface area contributed by atoms with Gasteiger partial charge in [-0.25, -0.2) is 4.98 Å². The van der Waals surface area contributed by atoms with Crippen LogP contribution in [0.25, 0.3) is 0 Å². The van der Waals surface area contributed by atoms with Gasteiger partial charge in [0.05, 0.1) is 0 Å². The molecule has 0 unspecified atom stereocenters. The minimum Gasteiger partial charge on any atom is -0.417 e. The van der Waals surface area contributed by atoms with E-state index in [1.165, 1.54) is 12.3 Å². The van der Waals surface area contributed by atoms with Crippen molar-refractivity contribution in [2.75, 3.05) is 0 Å². The summed E-state index contributed by atoms with van der Waals surface area (Å²) in [5.74, 6) is 0.209. The monoisotopic (exact) mass is 193 g/mol. The van der Waals surface area contributed by atoms with E-state index in [-0.39, 0.29) is 5.88 Å². The first-order chi connectivity index (χ1) is 5.72. The van der Waals surface area contributed by atoms with E-state index in [0.29, 0.717) is 5.88 Å². The SMILES string of the molecule is FC(F)Oc1ccc(CCl)cn1. The second-order valence-corrected chi connectivity index (χ2v) is 2.28. The highest BCUT2D eigenvalue weighted by molar-refractivity contribution is 6.17. The average Bonchev–Trinajstić information content (AvgIpc) is 2.05. The Kier molecular flexibility index (Phi) is 3.22. The van der Waals surface area contributed by atoms with E-state index in [9.17, 15) is 8.78 Å². The second-order valence-electron chi connectivity index (χ2n) is 2.02. The van der Waals surface area contributed by atoms with Crippen LogP contribution in [0.1, 0.15) is 5.56 Å². The highest BCUT2D eigenvalue weighted by Gasteiger charge is 2.04. The standard InChI is InChI=1S/C7H6ClF2NO/c8-3-5-1-2-6(11-4-5)12-7(9)10/h1-2,4,7H,3H2. The lowest BCUT2D eigenvalue weighted by molar-refractivity contribution is -0.0528. The van der Waals surface area contributed by atoms with Crippen molar-refractivity contribution in [1.82, 2.24) is 4.98 Å². The number of hydrogen-bond acceptors (Lipinski definition) is 2. The highest BCUT2D eigenvalue weighted by atomic mass is 35.5. The summed E-state index contributed by atoms with van der Waals surface area (Å²) >= 11 is 5.46. The van der Waals surface area contributed by atoms with Crippen LogP contribution in [-0.4, -0.2) is 11.6 Å². The molecule has 0 amide bonds. The van der Waals surface area contributed by atoms with Gasteiger partial charge in [0.2, 0.25) is 5.88 Å². The maximum atomic E-state index is 11.6. The molecule has 0 aliphatic rings. The Bertz CT molecular complexity index is 240. The lowest BCUT2D eigenvalue weighted by atomic mass is 10.3. The van der Waals surface area contributed by atoms with Gasteiger partial charge in [0.25, 0.3) is 0 Å². The molecule has 0 aromatic carbocycles. The summed E-state index contributed by atoms with van der Waals surface area (Å²) < 4.78 is 27.3. The third-order valence-electron chi connectivity index (χ3n) is 1.16. The van der Waals surface area contributed by atoms with E-state index in [1.54, 1.807) is 6.07 Å². The Morgan fingerprint density at radius 2 is 2.25 bits per heavy atom. The largest absolute Gasteiger partial charge is 0.417 e. The predicted octanol–water partition coefficient (Wildman–Crippen LogP) is 2.42. The molecule has 66 valence electrons. The van der Waals surface area contributed by atoms with E-state index in [0.717, 1.165) is 5.56 Å². The van der Waals surface area contributed by atoms with Crippen LogP contribution in [0.5, 0.6) is 5.88 Å². The number of hydrogen-bond donors (Lipinski definition) is 0. The topological polar surface area (TPSA) is 22.1 Å². The van der Waals surface area contributed by atoms with E-state index in [1.807, 2.05) is 0 Å². The molecule has 0 N–H and O–H groups in total. The number of rotatable bonds is 3. The molecular formula is C7H6ClF2NO. The van der Waals surface area contributed by atoms with Crippen LogP contribution < -0.4 is 4.74 Å². The summed E-state index contributed by atoms with van der Waals surface area (Å²) in [5.41, 5.74) is 0.762. The van der Waals surface area contributed by atoms with Crippen LogP contribution in [0.4, 0.5) is 8.78 Å². The van der Waals surface area contributed by atoms with Crippen molar-refractivity contribution in [3.63, 3.8) is 0 Å². The molecule has 5 heteroatoms. The molecule has 0 spiro atoms. The van der Waals surface area contributed by atoms with Crippen LogP contribution >= 0.6 is 11.6 Å². The van der Waals surface area contributed by atoms with E-state index < -0.39 is 6.61 Å². The quantitative estimate of drug-likeness (QED) is 0.688. The van der Waals surface area contributed by atoms with Crippen LogP contribution in [0.15, 0.2) is 18.3 Å². The minimum absolute atomic E-state index is 0.0983. The molecule has 0 aliphatic carbocycles. The molecule has 1 heterocycles. The summed E-state index contributed by atoms with van der Waals surface area (Å²) in [5, 5.41) is 0. The maximum absolute atomic E-state index is 11.6. The Morgan fingerprint density at radius 3 is 2.67 bits per heavy atom. The summed E-state index contributed by atoms with van der Waals surface area (Å²) in [7, 11) is 0. The highest BCUT2D eigenvalue weighted by Crippen LogP contribution is 2.11. The van der Waals surface area contributed by atoms with Gasteiger partial charge in [0.1, 0.15) is 0 Å². The molecular weight excluding hydrogens is 188 g/mol. The molecule has 2 nitrogen and oxygen atoms in total. The number of nitrogens with zero attached hydrogens (tertiary/aromatic N) is 1. The Balaban J connectivity index is 2.65. The van der Waals surface area contributed by atoms with Crippen molar-refractivity contribution >= 4 is 11.6 Å².